The van der Waals surface area contributed by atoms with E-state index < -0.39 is 0 Å². The second-order valence-corrected chi connectivity index (χ2v) is 4.16. The standard InChI is InChI=1S/C15H20/c1-6-12(4)10-14-9-7-8-13(5)15(14)11(2)3/h7-10H,2,6H2,1,3-5H3/b12-10+. The first-order valence-electron chi connectivity index (χ1n) is 5.49. The highest BCUT2D eigenvalue weighted by atomic mass is 14.1. The number of hydrogen-bond acceptors (Lipinski definition) is 0. The average Bonchev–Trinajstić information content (AvgIpc) is 2.17. The molecule has 80 valence electrons. The van der Waals surface area contributed by atoms with Gasteiger partial charge in [0.25, 0.3) is 0 Å². The molecular weight excluding hydrogens is 180 g/mol. The monoisotopic (exact) mass is 200 g/mol. The molecule has 0 aliphatic carbocycles. The summed E-state index contributed by atoms with van der Waals surface area (Å²) in [4.78, 5) is 0. The summed E-state index contributed by atoms with van der Waals surface area (Å²) in [6.07, 6.45) is 3.36. The van der Waals surface area contributed by atoms with E-state index in [2.05, 4.69) is 58.5 Å². The van der Waals surface area contributed by atoms with E-state index in [0.29, 0.717) is 0 Å². The Labute approximate surface area is 93.3 Å². The SMILES string of the molecule is C=C(C)c1c(C)cccc1/C=C(\C)CC. The summed E-state index contributed by atoms with van der Waals surface area (Å²) in [5, 5.41) is 0. The zero-order chi connectivity index (χ0) is 11.4. The summed E-state index contributed by atoms with van der Waals surface area (Å²) in [5.41, 5.74) is 6.44. The zero-order valence-electron chi connectivity index (χ0n) is 10.2. The van der Waals surface area contributed by atoms with Gasteiger partial charge >= 0.3 is 0 Å². The minimum Gasteiger partial charge on any atom is -0.0955 e. The second kappa shape index (κ2) is 4.97. The van der Waals surface area contributed by atoms with Crippen LogP contribution in [0.5, 0.6) is 0 Å². The highest BCUT2D eigenvalue weighted by Gasteiger charge is 2.03. The first kappa shape index (κ1) is 11.8. The van der Waals surface area contributed by atoms with Crippen LogP contribution in [-0.4, -0.2) is 0 Å². The van der Waals surface area contributed by atoms with E-state index in [1.165, 1.54) is 22.3 Å². The van der Waals surface area contributed by atoms with Gasteiger partial charge < -0.3 is 0 Å². The number of aryl methyl sites for hydroxylation is 1. The van der Waals surface area contributed by atoms with Crippen molar-refractivity contribution in [3.8, 4) is 0 Å². The first-order valence-corrected chi connectivity index (χ1v) is 5.49. The van der Waals surface area contributed by atoms with Crippen LogP contribution in [-0.2, 0) is 0 Å². The zero-order valence-corrected chi connectivity index (χ0v) is 10.2. The summed E-state index contributed by atoms with van der Waals surface area (Å²) in [6, 6.07) is 6.41. The smallest absolute Gasteiger partial charge is 0.0131 e. The normalized spacial score (nSPS) is 11.6. The molecule has 0 spiro atoms. The topological polar surface area (TPSA) is 0 Å². The predicted molar refractivity (Wildman–Crippen MR) is 69.8 cm³/mol. The number of rotatable bonds is 3. The summed E-state index contributed by atoms with van der Waals surface area (Å²) >= 11 is 0. The lowest BCUT2D eigenvalue weighted by molar-refractivity contribution is 1.11. The van der Waals surface area contributed by atoms with Crippen molar-refractivity contribution >= 4 is 11.6 Å². The van der Waals surface area contributed by atoms with Gasteiger partial charge in [-0.25, -0.2) is 0 Å². The molecule has 1 rings (SSSR count). The third kappa shape index (κ3) is 2.82. The quantitative estimate of drug-likeness (QED) is 0.655. The molecule has 0 nitrogen and oxygen atoms in total. The molecule has 0 aliphatic heterocycles. The lowest BCUT2D eigenvalue weighted by Crippen LogP contribution is -1.90. The van der Waals surface area contributed by atoms with Gasteiger partial charge in [0, 0.05) is 0 Å². The van der Waals surface area contributed by atoms with Gasteiger partial charge in [0.15, 0.2) is 0 Å². The van der Waals surface area contributed by atoms with Crippen LogP contribution in [0.15, 0.2) is 30.4 Å². The van der Waals surface area contributed by atoms with Crippen LogP contribution >= 0.6 is 0 Å². The van der Waals surface area contributed by atoms with Gasteiger partial charge in [-0.05, 0) is 43.9 Å². The van der Waals surface area contributed by atoms with Crippen molar-refractivity contribution in [2.45, 2.75) is 34.1 Å². The molecule has 0 aromatic heterocycles. The van der Waals surface area contributed by atoms with Crippen molar-refractivity contribution in [3.05, 3.63) is 47.0 Å². The Morgan fingerprint density at radius 2 is 2.00 bits per heavy atom. The van der Waals surface area contributed by atoms with Crippen molar-refractivity contribution in [2.24, 2.45) is 0 Å². The Morgan fingerprint density at radius 3 is 2.53 bits per heavy atom. The Kier molecular flexibility index (Phi) is 3.90. The number of allylic oxidation sites excluding steroid dienone is 2. The van der Waals surface area contributed by atoms with Gasteiger partial charge in [-0.2, -0.15) is 0 Å². The van der Waals surface area contributed by atoms with Crippen LogP contribution < -0.4 is 0 Å². The van der Waals surface area contributed by atoms with E-state index in [-0.39, 0.29) is 0 Å². The molecule has 1 aromatic carbocycles. The summed E-state index contributed by atoms with van der Waals surface area (Å²) < 4.78 is 0. The van der Waals surface area contributed by atoms with Gasteiger partial charge in [0.05, 0.1) is 0 Å². The van der Waals surface area contributed by atoms with Gasteiger partial charge in [0.2, 0.25) is 0 Å². The van der Waals surface area contributed by atoms with Crippen LogP contribution in [0.25, 0.3) is 11.6 Å². The fourth-order valence-corrected chi connectivity index (χ4v) is 1.76. The van der Waals surface area contributed by atoms with Gasteiger partial charge in [-0.3, -0.25) is 0 Å². The van der Waals surface area contributed by atoms with E-state index in [4.69, 9.17) is 0 Å². The highest BCUT2D eigenvalue weighted by Crippen LogP contribution is 2.24. The van der Waals surface area contributed by atoms with Gasteiger partial charge in [0.1, 0.15) is 0 Å². The summed E-state index contributed by atoms with van der Waals surface area (Å²) in [5.74, 6) is 0. The van der Waals surface area contributed by atoms with Crippen LogP contribution in [0, 0.1) is 6.92 Å². The molecule has 0 amide bonds. The molecule has 0 heteroatoms. The lowest BCUT2D eigenvalue weighted by Gasteiger charge is -2.10. The summed E-state index contributed by atoms with van der Waals surface area (Å²) in [7, 11) is 0. The molecule has 0 unspecified atom stereocenters. The first-order chi connectivity index (χ1) is 7.06. The molecule has 0 saturated carbocycles. The fraction of sp³-hybridized carbons (Fsp3) is 0.333. The molecular formula is C15H20. The molecule has 0 saturated heterocycles. The highest BCUT2D eigenvalue weighted by molar-refractivity contribution is 5.74. The van der Waals surface area contributed by atoms with Crippen molar-refractivity contribution in [1.82, 2.24) is 0 Å². The minimum atomic E-state index is 1.10. The molecule has 0 heterocycles. The third-order valence-electron chi connectivity index (χ3n) is 2.69. The molecule has 1 aromatic rings. The molecule has 15 heavy (non-hydrogen) atoms. The summed E-state index contributed by atoms with van der Waals surface area (Å²) in [6.45, 7) is 12.6. The fourth-order valence-electron chi connectivity index (χ4n) is 1.76. The van der Waals surface area contributed by atoms with Crippen LogP contribution in [0.2, 0.25) is 0 Å². The van der Waals surface area contributed by atoms with Crippen molar-refractivity contribution in [3.63, 3.8) is 0 Å². The minimum absolute atomic E-state index is 1.10. The van der Waals surface area contributed by atoms with Crippen LogP contribution in [0.3, 0.4) is 0 Å². The Bertz CT molecular complexity index is 394. The van der Waals surface area contributed by atoms with Crippen molar-refractivity contribution < 1.29 is 0 Å². The molecule has 0 aliphatic rings. The molecule has 0 bridgehead atoms. The molecule has 0 N–H and O–H groups in total. The van der Waals surface area contributed by atoms with E-state index in [1.807, 2.05) is 0 Å². The Balaban J connectivity index is 3.29. The predicted octanol–water partition coefficient (Wildman–Crippen LogP) is 4.84. The van der Waals surface area contributed by atoms with E-state index >= 15 is 0 Å². The van der Waals surface area contributed by atoms with Crippen LogP contribution in [0.1, 0.15) is 43.9 Å². The van der Waals surface area contributed by atoms with Crippen molar-refractivity contribution in [2.75, 3.05) is 0 Å². The molecule has 0 atom stereocenters. The maximum absolute atomic E-state index is 4.05. The average molecular weight is 200 g/mol. The maximum atomic E-state index is 4.05. The molecule has 0 fully saturated rings. The number of hydrogen-bond donors (Lipinski definition) is 0. The molecule has 0 radical (unpaired) electrons. The van der Waals surface area contributed by atoms with E-state index in [0.717, 1.165) is 12.0 Å². The number of benzene rings is 1. The van der Waals surface area contributed by atoms with Gasteiger partial charge in [-0.1, -0.05) is 48.9 Å². The third-order valence-corrected chi connectivity index (χ3v) is 2.69. The lowest BCUT2D eigenvalue weighted by atomic mass is 9.95. The van der Waals surface area contributed by atoms with E-state index in [9.17, 15) is 0 Å². The van der Waals surface area contributed by atoms with Crippen LogP contribution in [0.4, 0.5) is 0 Å². The van der Waals surface area contributed by atoms with Gasteiger partial charge in [-0.15, -0.1) is 0 Å². The van der Waals surface area contributed by atoms with E-state index in [1.54, 1.807) is 0 Å². The Hall–Kier alpha value is -1.30. The van der Waals surface area contributed by atoms with Crippen molar-refractivity contribution in [1.29, 1.82) is 0 Å². The largest absolute Gasteiger partial charge is 0.0955 e. The second-order valence-electron chi connectivity index (χ2n) is 4.16. The Morgan fingerprint density at radius 1 is 1.33 bits per heavy atom. The maximum Gasteiger partial charge on any atom is -0.0131 e.